The van der Waals surface area contributed by atoms with Gasteiger partial charge in [-0.3, -0.25) is 19.2 Å². The standard InChI is InChI=1S/C32H43N5O7S/c1-4-44-32(43)26(18-23-10-12-24(38)13-11-23)36-29(40)21(2)35-28(39)20-34-30(41)27(19-22-8-6-5-7-9-22)37-16-15-33-25(31(37)42)14-17-45-3/h5-13,21,25-27,33,38H,4,14-20H2,1-3H3,(H,34,41)(H,35,39)(H,36,40)/t21-,25+,26+,27+/m1/s1. The normalized spacial score (nSPS) is 16.6. The third kappa shape index (κ3) is 11.1. The fourth-order valence-corrected chi connectivity index (χ4v) is 5.42. The minimum atomic E-state index is -1.03. The van der Waals surface area contributed by atoms with Crippen molar-refractivity contribution in [3.8, 4) is 5.75 Å². The van der Waals surface area contributed by atoms with Gasteiger partial charge in [0.05, 0.1) is 19.2 Å². The lowest BCUT2D eigenvalue weighted by molar-refractivity contribution is -0.147. The summed E-state index contributed by atoms with van der Waals surface area (Å²) in [6.45, 7) is 3.73. The van der Waals surface area contributed by atoms with Crippen molar-refractivity contribution in [3.63, 3.8) is 0 Å². The zero-order valence-electron chi connectivity index (χ0n) is 25.9. The molecule has 2 aromatic carbocycles. The van der Waals surface area contributed by atoms with Gasteiger partial charge in [-0.2, -0.15) is 11.8 Å². The molecule has 1 heterocycles. The Hall–Kier alpha value is -4.10. The van der Waals surface area contributed by atoms with Gasteiger partial charge < -0.3 is 36.0 Å². The average Bonchev–Trinajstić information content (AvgIpc) is 3.03. The molecule has 13 heteroatoms. The third-order valence-corrected chi connectivity index (χ3v) is 7.99. The molecule has 45 heavy (non-hydrogen) atoms. The van der Waals surface area contributed by atoms with Gasteiger partial charge in [-0.15, -0.1) is 0 Å². The number of rotatable bonds is 16. The highest BCUT2D eigenvalue weighted by Gasteiger charge is 2.36. The van der Waals surface area contributed by atoms with Crippen LogP contribution < -0.4 is 21.3 Å². The highest BCUT2D eigenvalue weighted by molar-refractivity contribution is 7.98. The van der Waals surface area contributed by atoms with Crippen molar-refractivity contribution in [1.82, 2.24) is 26.2 Å². The first-order chi connectivity index (χ1) is 21.6. The SMILES string of the molecule is CCOC(=O)[C@H](Cc1ccc(O)cc1)NC(=O)[C@@H](C)NC(=O)CNC(=O)[C@H](Cc1ccccc1)N1CCN[C@@H](CCSC)C1=O. The van der Waals surface area contributed by atoms with E-state index in [-0.39, 0.29) is 37.1 Å². The number of nitrogens with zero attached hydrogens (tertiary/aromatic N) is 1. The molecule has 244 valence electrons. The van der Waals surface area contributed by atoms with Gasteiger partial charge in [0.15, 0.2) is 0 Å². The lowest BCUT2D eigenvalue weighted by atomic mass is 10.0. The van der Waals surface area contributed by atoms with Crippen molar-refractivity contribution in [3.05, 3.63) is 65.7 Å². The predicted molar refractivity (Wildman–Crippen MR) is 171 cm³/mol. The van der Waals surface area contributed by atoms with E-state index in [2.05, 4.69) is 21.3 Å². The van der Waals surface area contributed by atoms with Gasteiger partial charge >= 0.3 is 5.97 Å². The van der Waals surface area contributed by atoms with E-state index in [1.165, 1.54) is 19.1 Å². The number of phenols is 1. The van der Waals surface area contributed by atoms with Crippen LogP contribution in [0.1, 0.15) is 31.4 Å². The summed E-state index contributed by atoms with van der Waals surface area (Å²) < 4.78 is 5.10. The summed E-state index contributed by atoms with van der Waals surface area (Å²) in [4.78, 5) is 66.6. The summed E-state index contributed by atoms with van der Waals surface area (Å²) in [7, 11) is 0. The summed E-state index contributed by atoms with van der Waals surface area (Å²) >= 11 is 1.65. The van der Waals surface area contributed by atoms with Gasteiger partial charge in [-0.1, -0.05) is 42.5 Å². The number of hydrogen-bond acceptors (Lipinski definition) is 9. The first kappa shape index (κ1) is 35.4. The molecule has 0 unspecified atom stereocenters. The summed E-state index contributed by atoms with van der Waals surface area (Å²) in [5.74, 6) is -1.61. The van der Waals surface area contributed by atoms with E-state index in [1.54, 1.807) is 35.7 Å². The number of ether oxygens (including phenoxy) is 1. The molecule has 0 aliphatic carbocycles. The molecule has 1 saturated heterocycles. The molecule has 2 aromatic rings. The first-order valence-electron chi connectivity index (χ1n) is 15.0. The van der Waals surface area contributed by atoms with Crippen LogP contribution in [0, 0.1) is 0 Å². The van der Waals surface area contributed by atoms with Crippen molar-refractivity contribution in [2.24, 2.45) is 0 Å². The molecule has 4 amide bonds. The Bertz CT molecular complexity index is 1290. The van der Waals surface area contributed by atoms with Crippen LogP contribution in [0.2, 0.25) is 0 Å². The second-order valence-corrected chi connectivity index (χ2v) is 11.7. The molecule has 0 aromatic heterocycles. The van der Waals surface area contributed by atoms with Crippen LogP contribution in [0.4, 0.5) is 0 Å². The van der Waals surface area contributed by atoms with E-state index >= 15 is 0 Å². The van der Waals surface area contributed by atoms with Gasteiger partial charge in [0, 0.05) is 25.9 Å². The topological polar surface area (TPSA) is 166 Å². The zero-order chi connectivity index (χ0) is 32.8. The van der Waals surface area contributed by atoms with E-state index in [0.717, 1.165) is 11.3 Å². The molecular weight excluding hydrogens is 598 g/mol. The molecule has 0 spiro atoms. The van der Waals surface area contributed by atoms with Crippen molar-refractivity contribution in [1.29, 1.82) is 0 Å². The highest BCUT2D eigenvalue weighted by atomic mass is 32.2. The number of piperazine rings is 1. The molecule has 0 radical (unpaired) electrons. The maximum Gasteiger partial charge on any atom is 0.328 e. The molecule has 4 atom stereocenters. The van der Waals surface area contributed by atoms with Crippen molar-refractivity contribution in [2.75, 3.05) is 38.2 Å². The predicted octanol–water partition coefficient (Wildman–Crippen LogP) is 0.768. The molecule has 0 saturated carbocycles. The van der Waals surface area contributed by atoms with E-state index in [0.29, 0.717) is 25.1 Å². The summed E-state index contributed by atoms with van der Waals surface area (Å²) in [5, 5.41) is 20.6. The van der Waals surface area contributed by atoms with Gasteiger partial charge in [0.2, 0.25) is 23.6 Å². The Balaban J connectivity index is 1.61. The Kier molecular flexibility index (Phi) is 14.2. The Morgan fingerprint density at radius 3 is 2.38 bits per heavy atom. The number of benzene rings is 2. The monoisotopic (exact) mass is 641 g/mol. The number of esters is 1. The van der Waals surface area contributed by atoms with Crippen LogP contribution in [0.5, 0.6) is 5.75 Å². The zero-order valence-corrected chi connectivity index (χ0v) is 26.7. The van der Waals surface area contributed by atoms with Gasteiger partial charge in [0.25, 0.3) is 0 Å². The number of aromatic hydroxyl groups is 1. The van der Waals surface area contributed by atoms with Gasteiger partial charge in [-0.05, 0) is 55.5 Å². The molecule has 1 aliphatic heterocycles. The van der Waals surface area contributed by atoms with Crippen LogP contribution in [0.25, 0.3) is 0 Å². The molecular formula is C32H43N5O7S. The fourth-order valence-electron chi connectivity index (χ4n) is 4.95. The summed E-state index contributed by atoms with van der Waals surface area (Å²) in [6.07, 6.45) is 3.02. The minimum Gasteiger partial charge on any atom is -0.508 e. The van der Waals surface area contributed by atoms with E-state index in [9.17, 15) is 29.1 Å². The lowest BCUT2D eigenvalue weighted by Gasteiger charge is -2.38. The van der Waals surface area contributed by atoms with E-state index in [1.807, 2.05) is 36.6 Å². The van der Waals surface area contributed by atoms with Crippen molar-refractivity contribution < 1.29 is 33.8 Å². The molecule has 1 aliphatic rings. The van der Waals surface area contributed by atoms with Gasteiger partial charge in [0.1, 0.15) is 23.9 Å². The summed E-state index contributed by atoms with van der Waals surface area (Å²) in [5.41, 5.74) is 1.57. The van der Waals surface area contributed by atoms with Crippen LogP contribution in [0.15, 0.2) is 54.6 Å². The maximum atomic E-state index is 13.5. The molecule has 5 N–H and O–H groups in total. The minimum absolute atomic E-state index is 0.0696. The number of phenolic OH excluding ortho intramolecular Hbond substituents is 1. The molecule has 12 nitrogen and oxygen atoms in total. The number of amides is 4. The van der Waals surface area contributed by atoms with Crippen LogP contribution >= 0.6 is 11.8 Å². The van der Waals surface area contributed by atoms with Crippen LogP contribution in [-0.2, 0) is 41.6 Å². The van der Waals surface area contributed by atoms with Crippen LogP contribution in [-0.4, -0.2) is 102 Å². The number of thioether (sulfide) groups is 1. The highest BCUT2D eigenvalue weighted by Crippen LogP contribution is 2.16. The number of nitrogens with one attached hydrogen (secondary N) is 4. The number of carbonyl (C=O) groups excluding carboxylic acids is 5. The third-order valence-electron chi connectivity index (χ3n) is 7.34. The molecule has 0 bridgehead atoms. The van der Waals surface area contributed by atoms with E-state index in [4.69, 9.17) is 4.74 Å². The maximum absolute atomic E-state index is 13.5. The first-order valence-corrected chi connectivity index (χ1v) is 16.4. The lowest BCUT2D eigenvalue weighted by Crippen LogP contribution is -2.62. The van der Waals surface area contributed by atoms with Crippen LogP contribution in [0.3, 0.4) is 0 Å². The number of carbonyl (C=O) groups is 5. The van der Waals surface area contributed by atoms with Gasteiger partial charge in [-0.25, -0.2) is 4.79 Å². The van der Waals surface area contributed by atoms with Crippen molar-refractivity contribution >= 4 is 41.4 Å². The average molecular weight is 642 g/mol. The van der Waals surface area contributed by atoms with E-state index < -0.39 is 48.4 Å². The quantitative estimate of drug-likeness (QED) is 0.167. The smallest absolute Gasteiger partial charge is 0.328 e. The fraction of sp³-hybridized carbons (Fsp3) is 0.469. The number of hydrogen-bond donors (Lipinski definition) is 5. The van der Waals surface area contributed by atoms with Crippen molar-refractivity contribution in [2.45, 2.75) is 57.3 Å². The molecule has 1 fully saturated rings. The molecule has 3 rings (SSSR count). The Morgan fingerprint density at radius 1 is 1.02 bits per heavy atom. The largest absolute Gasteiger partial charge is 0.508 e. The second-order valence-electron chi connectivity index (χ2n) is 10.7. The Morgan fingerprint density at radius 2 is 1.71 bits per heavy atom. The second kappa shape index (κ2) is 18.0. The summed E-state index contributed by atoms with van der Waals surface area (Å²) in [6, 6.07) is 12.3. The Labute approximate surface area is 268 Å².